The highest BCUT2D eigenvalue weighted by molar-refractivity contribution is 5.71. The van der Waals surface area contributed by atoms with Crippen molar-refractivity contribution in [2.24, 2.45) is 0 Å². The van der Waals surface area contributed by atoms with E-state index >= 15 is 0 Å². The molecule has 0 radical (unpaired) electrons. The highest BCUT2D eigenvalue weighted by Gasteiger charge is 1.92. The molecule has 3 nitrogen and oxygen atoms in total. The van der Waals surface area contributed by atoms with Crippen LogP contribution in [0.15, 0.2) is 11.6 Å². The number of carbonyl (C=O) groups excluding carboxylic acids is 2. The lowest BCUT2D eigenvalue weighted by Crippen LogP contribution is -1.99. The first-order chi connectivity index (χ1) is 6.16. The Morgan fingerprint density at radius 1 is 1.31 bits per heavy atom. The molecule has 0 aliphatic heterocycles. The van der Waals surface area contributed by atoms with E-state index < -0.39 is 0 Å². The SMILES string of the molecule is CC(=O)OCCCC/C=C(/C)C=O. The van der Waals surface area contributed by atoms with Gasteiger partial charge in [0.05, 0.1) is 6.61 Å². The van der Waals surface area contributed by atoms with Crippen molar-refractivity contribution in [3.63, 3.8) is 0 Å². The second-order valence-corrected chi connectivity index (χ2v) is 2.90. The zero-order valence-corrected chi connectivity index (χ0v) is 8.21. The van der Waals surface area contributed by atoms with Crippen molar-refractivity contribution in [2.75, 3.05) is 6.61 Å². The summed E-state index contributed by atoms with van der Waals surface area (Å²) in [4.78, 5) is 20.5. The van der Waals surface area contributed by atoms with Gasteiger partial charge in [-0.3, -0.25) is 9.59 Å². The van der Waals surface area contributed by atoms with Crippen molar-refractivity contribution in [2.45, 2.75) is 33.1 Å². The van der Waals surface area contributed by atoms with E-state index in [4.69, 9.17) is 4.74 Å². The predicted octanol–water partition coefficient (Wildman–Crippen LogP) is 1.86. The third-order valence-corrected chi connectivity index (χ3v) is 1.56. The molecule has 0 saturated heterocycles. The number of esters is 1. The Morgan fingerprint density at radius 2 is 2.00 bits per heavy atom. The number of allylic oxidation sites excluding steroid dienone is 2. The van der Waals surface area contributed by atoms with Gasteiger partial charge in [0.25, 0.3) is 0 Å². The summed E-state index contributed by atoms with van der Waals surface area (Å²) in [7, 11) is 0. The summed E-state index contributed by atoms with van der Waals surface area (Å²) < 4.78 is 4.75. The first-order valence-corrected chi connectivity index (χ1v) is 4.42. The van der Waals surface area contributed by atoms with Crippen LogP contribution in [0.3, 0.4) is 0 Å². The summed E-state index contributed by atoms with van der Waals surface area (Å²) in [5.41, 5.74) is 0.757. The molecule has 0 N–H and O–H groups in total. The summed E-state index contributed by atoms with van der Waals surface area (Å²) in [5, 5.41) is 0. The van der Waals surface area contributed by atoms with Gasteiger partial charge in [-0.25, -0.2) is 0 Å². The smallest absolute Gasteiger partial charge is 0.302 e. The average Bonchev–Trinajstić information content (AvgIpc) is 2.10. The minimum atomic E-state index is -0.236. The van der Waals surface area contributed by atoms with E-state index in [0.29, 0.717) is 6.61 Å². The molecule has 0 aromatic heterocycles. The van der Waals surface area contributed by atoms with Crippen molar-refractivity contribution in [3.05, 3.63) is 11.6 Å². The molecule has 74 valence electrons. The van der Waals surface area contributed by atoms with Crippen molar-refractivity contribution in [1.82, 2.24) is 0 Å². The van der Waals surface area contributed by atoms with Gasteiger partial charge in [0.1, 0.15) is 6.29 Å². The Kier molecular flexibility index (Phi) is 6.88. The fourth-order valence-corrected chi connectivity index (χ4v) is 0.840. The molecule has 0 rings (SSSR count). The van der Waals surface area contributed by atoms with Crippen LogP contribution in [0.4, 0.5) is 0 Å². The molecule has 0 aliphatic rings. The van der Waals surface area contributed by atoms with Gasteiger partial charge in [0.15, 0.2) is 0 Å². The van der Waals surface area contributed by atoms with Gasteiger partial charge in [-0.1, -0.05) is 6.08 Å². The van der Waals surface area contributed by atoms with Gasteiger partial charge in [-0.15, -0.1) is 0 Å². The third-order valence-electron chi connectivity index (χ3n) is 1.56. The molecule has 0 aromatic rings. The van der Waals surface area contributed by atoms with E-state index in [1.165, 1.54) is 6.92 Å². The van der Waals surface area contributed by atoms with Crippen LogP contribution < -0.4 is 0 Å². The molecule has 0 amide bonds. The Hall–Kier alpha value is -1.12. The largest absolute Gasteiger partial charge is 0.466 e. The molecule has 3 heteroatoms. The van der Waals surface area contributed by atoms with E-state index in [9.17, 15) is 9.59 Å². The molecule has 0 atom stereocenters. The van der Waals surface area contributed by atoms with Crippen molar-refractivity contribution in [3.8, 4) is 0 Å². The molecule has 0 aliphatic carbocycles. The molecule has 0 spiro atoms. The van der Waals surface area contributed by atoms with Crippen LogP contribution in [0.1, 0.15) is 33.1 Å². The summed E-state index contributed by atoms with van der Waals surface area (Å²) in [6.45, 7) is 3.65. The number of unbranched alkanes of at least 4 members (excludes halogenated alkanes) is 2. The fraction of sp³-hybridized carbons (Fsp3) is 0.600. The van der Waals surface area contributed by atoms with Gasteiger partial charge in [0.2, 0.25) is 0 Å². The van der Waals surface area contributed by atoms with Crippen LogP contribution in [0, 0.1) is 0 Å². The highest BCUT2D eigenvalue weighted by atomic mass is 16.5. The monoisotopic (exact) mass is 184 g/mol. The summed E-state index contributed by atoms with van der Waals surface area (Å²) >= 11 is 0. The van der Waals surface area contributed by atoms with Crippen molar-refractivity contribution in [1.29, 1.82) is 0 Å². The molecule has 0 fully saturated rings. The Bertz CT molecular complexity index is 194. The van der Waals surface area contributed by atoms with E-state index in [2.05, 4.69) is 0 Å². The highest BCUT2D eigenvalue weighted by Crippen LogP contribution is 1.99. The Balaban J connectivity index is 3.26. The molecule has 0 aromatic carbocycles. The zero-order chi connectivity index (χ0) is 10.1. The zero-order valence-electron chi connectivity index (χ0n) is 8.21. The quantitative estimate of drug-likeness (QED) is 0.274. The second-order valence-electron chi connectivity index (χ2n) is 2.90. The van der Waals surface area contributed by atoms with E-state index in [0.717, 1.165) is 31.1 Å². The summed E-state index contributed by atoms with van der Waals surface area (Å²) in [6, 6.07) is 0. The van der Waals surface area contributed by atoms with Crippen LogP contribution in [-0.4, -0.2) is 18.9 Å². The fourth-order valence-electron chi connectivity index (χ4n) is 0.840. The standard InChI is InChI=1S/C10H16O3/c1-9(8-11)6-4-3-5-7-13-10(2)12/h6,8H,3-5,7H2,1-2H3/b9-6-. The third kappa shape index (κ3) is 8.79. The van der Waals surface area contributed by atoms with Crippen LogP contribution in [0.5, 0.6) is 0 Å². The van der Waals surface area contributed by atoms with Crippen LogP contribution in [-0.2, 0) is 14.3 Å². The van der Waals surface area contributed by atoms with Crippen LogP contribution >= 0.6 is 0 Å². The molecular weight excluding hydrogens is 168 g/mol. The normalized spacial score (nSPS) is 11.1. The summed E-state index contributed by atoms with van der Waals surface area (Å²) in [6.07, 6.45) is 5.39. The van der Waals surface area contributed by atoms with E-state index in [1.54, 1.807) is 6.92 Å². The second kappa shape index (κ2) is 7.53. The molecule has 0 heterocycles. The number of hydrogen-bond acceptors (Lipinski definition) is 3. The number of rotatable bonds is 6. The average molecular weight is 184 g/mol. The Morgan fingerprint density at radius 3 is 2.54 bits per heavy atom. The van der Waals surface area contributed by atoms with Crippen LogP contribution in [0.25, 0.3) is 0 Å². The van der Waals surface area contributed by atoms with E-state index in [1.807, 2.05) is 6.08 Å². The van der Waals surface area contributed by atoms with Gasteiger partial charge in [0, 0.05) is 6.92 Å². The first-order valence-electron chi connectivity index (χ1n) is 4.42. The minimum Gasteiger partial charge on any atom is -0.466 e. The van der Waals surface area contributed by atoms with Gasteiger partial charge in [-0.05, 0) is 31.8 Å². The number of ether oxygens (including phenoxy) is 1. The van der Waals surface area contributed by atoms with E-state index in [-0.39, 0.29) is 5.97 Å². The molecular formula is C10H16O3. The first kappa shape index (κ1) is 11.9. The number of aldehydes is 1. The molecule has 0 saturated carbocycles. The maximum Gasteiger partial charge on any atom is 0.302 e. The van der Waals surface area contributed by atoms with Crippen LogP contribution in [0.2, 0.25) is 0 Å². The number of hydrogen-bond donors (Lipinski definition) is 0. The lowest BCUT2D eigenvalue weighted by Gasteiger charge is -1.99. The predicted molar refractivity (Wildman–Crippen MR) is 50.3 cm³/mol. The lowest BCUT2D eigenvalue weighted by molar-refractivity contribution is -0.141. The van der Waals surface area contributed by atoms with Crippen molar-refractivity contribution < 1.29 is 14.3 Å². The maximum absolute atomic E-state index is 10.4. The van der Waals surface area contributed by atoms with Gasteiger partial charge in [-0.2, -0.15) is 0 Å². The maximum atomic E-state index is 10.4. The van der Waals surface area contributed by atoms with Gasteiger partial charge >= 0.3 is 5.97 Å². The molecule has 0 unspecified atom stereocenters. The Labute approximate surface area is 78.8 Å². The molecule has 0 bridgehead atoms. The minimum absolute atomic E-state index is 0.236. The molecule has 13 heavy (non-hydrogen) atoms. The lowest BCUT2D eigenvalue weighted by atomic mass is 10.2. The topological polar surface area (TPSA) is 43.4 Å². The number of carbonyl (C=O) groups is 2. The summed E-state index contributed by atoms with van der Waals surface area (Å²) in [5.74, 6) is -0.236. The van der Waals surface area contributed by atoms with Crippen molar-refractivity contribution >= 4 is 12.3 Å². The van der Waals surface area contributed by atoms with Gasteiger partial charge < -0.3 is 4.74 Å².